The molecule has 4 rings (SSSR count). The first kappa shape index (κ1) is 19.4. The summed E-state index contributed by atoms with van der Waals surface area (Å²) >= 11 is 0. The zero-order chi connectivity index (χ0) is 21.1. The van der Waals surface area contributed by atoms with Crippen molar-refractivity contribution in [3.8, 4) is 5.69 Å². The van der Waals surface area contributed by atoms with Crippen molar-refractivity contribution in [2.45, 2.75) is 19.9 Å². The van der Waals surface area contributed by atoms with Crippen LogP contribution in [0.5, 0.6) is 0 Å². The summed E-state index contributed by atoms with van der Waals surface area (Å²) in [7, 11) is 0. The smallest absolute Gasteiger partial charge is 0.325 e. The van der Waals surface area contributed by atoms with Gasteiger partial charge >= 0.3 is 5.69 Å². The predicted octanol–water partition coefficient (Wildman–Crippen LogP) is 3.35. The van der Waals surface area contributed by atoms with Crippen LogP contribution in [0.25, 0.3) is 16.6 Å². The Balaban J connectivity index is 1.77. The molecule has 30 heavy (non-hydrogen) atoms. The Bertz CT molecular complexity index is 1320. The van der Waals surface area contributed by atoms with Gasteiger partial charge in [-0.3, -0.25) is 14.2 Å². The van der Waals surface area contributed by atoms with Crippen molar-refractivity contribution < 1.29 is 4.79 Å². The lowest BCUT2D eigenvalue weighted by atomic mass is 10.1. The molecule has 6 heteroatoms. The number of fused-ring (bicyclic) bond motifs is 1. The lowest BCUT2D eigenvalue weighted by molar-refractivity contribution is -0.116. The van der Waals surface area contributed by atoms with E-state index in [1.807, 2.05) is 30.3 Å². The molecule has 0 saturated heterocycles. The molecular formula is C24H21N3O3. The molecule has 0 spiro atoms. The van der Waals surface area contributed by atoms with E-state index >= 15 is 0 Å². The summed E-state index contributed by atoms with van der Waals surface area (Å²) < 4.78 is 2.44. The van der Waals surface area contributed by atoms with Crippen molar-refractivity contribution in [3.05, 3.63) is 105 Å². The number of benzene rings is 3. The highest BCUT2D eigenvalue weighted by Crippen LogP contribution is 2.12. The molecule has 4 aromatic rings. The third-order valence-electron chi connectivity index (χ3n) is 5.01. The maximum atomic E-state index is 13.2. The number of aryl methyl sites for hydroxylation is 1. The highest BCUT2D eigenvalue weighted by Gasteiger charge is 2.16. The zero-order valence-corrected chi connectivity index (χ0v) is 16.5. The van der Waals surface area contributed by atoms with E-state index in [1.165, 1.54) is 10.1 Å². The van der Waals surface area contributed by atoms with Crippen LogP contribution in [0.3, 0.4) is 0 Å². The highest BCUT2D eigenvalue weighted by atomic mass is 16.2. The van der Waals surface area contributed by atoms with E-state index in [1.54, 1.807) is 48.5 Å². The Kier molecular flexibility index (Phi) is 5.30. The van der Waals surface area contributed by atoms with Crippen molar-refractivity contribution >= 4 is 22.5 Å². The maximum Gasteiger partial charge on any atom is 0.336 e. The Morgan fingerprint density at radius 1 is 0.867 bits per heavy atom. The summed E-state index contributed by atoms with van der Waals surface area (Å²) in [6, 6.07) is 23.1. The quantitative estimate of drug-likeness (QED) is 0.559. The highest BCUT2D eigenvalue weighted by molar-refractivity contribution is 5.91. The van der Waals surface area contributed by atoms with E-state index in [0.717, 1.165) is 11.0 Å². The second-order valence-electron chi connectivity index (χ2n) is 6.96. The molecule has 0 unspecified atom stereocenters. The van der Waals surface area contributed by atoms with Crippen molar-refractivity contribution in [1.29, 1.82) is 0 Å². The van der Waals surface area contributed by atoms with E-state index in [-0.39, 0.29) is 12.5 Å². The van der Waals surface area contributed by atoms with Gasteiger partial charge in [-0.1, -0.05) is 49.4 Å². The molecule has 0 aliphatic rings. The number of aromatic nitrogens is 2. The average Bonchev–Trinajstić information content (AvgIpc) is 2.78. The van der Waals surface area contributed by atoms with Crippen LogP contribution in [0.2, 0.25) is 0 Å². The normalized spacial score (nSPS) is 10.8. The van der Waals surface area contributed by atoms with Crippen LogP contribution in [0.15, 0.2) is 88.5 Å². The number of rotatable bonds is 5. The van der Waals surface area contributed by atoms with Gasteiger partial charge in [-0.2, -0.15) is 0 Å². The Morgan fingerprint density at radius 2 is 1.53 bits per heavy atom. The van der Waals surface area contributed by atoms with Gasteiger partial charge in [0, 0.05) is 5.69 Å². The molecule has 0 radical (unpaired) electrons. The number of nitrogens with one attached hydrogen (secondary N) is 1. The molecule has 0 aliphatic carbocycles. The summed E-state index contributed by atoms with van der Waals surface area (Å²) in [5.74, 6) is -0.343. The average molecular weight is 399 g/mol. The van der Waals surface area contributed by atoms with E-state index in [9.17, 15) is 14.4 Å². The fourth-order valence-corrected chi connectivity index (χ4v) is 3.45. The molecule has 1 N–H and O–H groups in total. The third kappa shape index (κ3) is 3.67. The van der Waals surface area contributed by atoms with Crippen LogP contribution >= 0.6 is 0 Å². The van der Waals surface area contributed by atoms with Gasteiger partial charge in [-0.15, -0.1) is 0 Å². The Hall–Kier alpha value is -3.93. The Labute approximate surface area is 173 Å². The second-order valence-corrected chi connectivity index (χ2v) is 6.96. The summed E-state index contributed by atoms with van der Waals surface area (Å²) in [4.78, 5) is 38.9. The van der Waals surface area contributed by atoms with E-state index in [0.29, 0.717) is 22.3 Å². The van der Waals surface area contributed by atoms with Crippen LogP contribution in [0.1, 0.15) is 12.5 Å². The predicted molar refractivity (Wildman–Crippen MR) is 118 cm³/mol. The molecule has 6 nitrogen and oxygen atoms in total. The number of carbonyl (C=O) groups excluding carboxylic acids is 1. The lowest BCUT2D eigenvalue weighted by Crippen LogP contribution is -2.40. The molecule has 150 valence electrons. The maximum absolute atomic E-state index is 13.2. The van der Waals surface area contributed by atoms with Crippen molar-refractivity contribution in [3.63, 3.8) is 0 Å². The molecule has 0 fully saturated rings. The minimum absolute atomic E-state index is 0.206. The number of nitrogens with zero attached hydrogens (tertiary/aromatic N) is 2. The lowest BCUT2D eigenvalue weighted by Gasteiger charge is -2.14. The number of carbonyl (C=O) groups is 1. The van der Waals surface area contributed by atoms with Gasteiger partial charge in [0.2, 0.25) is 5.91 Å². The van der Waals surface area contributed by atoms with E-state index < -0.39 is 11.2 Å². The fraction of sp³-hybridized carbons (Fsp3) is 0.125. The van der Waals surface area contributed by atoms with Crippen molar-refractivity contribution in [1.82, 2.24) is 9.13 Å². The van der Waals surface area contributed by atoms with Crippen LogP contribution in [-0.2, 0) is 17.8 Å². The third-order valence-corrected chi connectivity index (χ3v) is 5.01. The number of hydrogen-bond donors (Lipinski definition) is 1. The van der Waals surface area contributed by atoms with Crippen LogP contribution in [0, 0.1) is 0 Å². The fourth-order valence-electron chi connectivity index (χ4n) is 3.45. The van der Waals surface area contributed by atoms with Gasteiger partial charge in [0.25, 0.3) is 5.56 Å². The summed E-state index contributed by atoms with van der Waals surface area (Å²) in [5.41, 5.74) is 1.75. The second kappa shape index (κ2) is 8.21. The molecule has 0 bridgehead atoms. The Morgan fingerprint density at radius 3 is 2.23 bits per heavy atom. The minimum atomic E-state index is -0.554. The van der Waals surface area contributed by atoms with Gasteiger partial charge in [0.05, 0.1) is 16.6 Å². The first-order valence-corrected chi connectivity index (χ1v) is 9.77. The van der Waals surface area contributed by atoms with Crippen LogP contribution in [0.4, 0.5) is 5.69 Å². The van der Waals surface area contributed by atoms with Crippen LogP contribution < -0.4 is 16.6 Å². The monoisotopic (exact) mass is 399 g/mol. The van der Waals surface area contributed by atoms with Crippen molar-refractivity contribution in [2.75, 3.05) is 5.32 Å². The van der Waals surface area contributed by atoms with Crippen LogP contribution in [-0.4, -0.2) is 15.0 Å². The standard InChI is InChI=1S/C24H21N3O3/c1-2-17-12-14-18(15-13-17)25-22(28)16-26-21-11-7-6-10-20(21)23(29)27(24(26)30)19-8-4-3-5-9-19/h3-15H,2,16H2,1H3,(H,25,28). The minimum Gasteiger partial charge on any atom is -0.325 e. The SMILES string of the molecule is CCc1ccc(NC(=O)Cn2c(=O)n(-c3ccccc3)c(=O)c3ccccc32)cc1. The van der Waals surface area contributed by atoms with Crippen molar-refractivity contribution in [2.24, 2.45) is 0 Å². The number of amides is 1. The topological polar surface area (TPSA) is 73.1 Å². The first-order chi connectivity index (χ1) is 14.6. The van der Waals surface area contributed by atoms with Gasteiger partial charge in [0.15, 0.2) is 0 Å². The number of anilines is 1. The van der Waals surface area contributed by atoms with Gasteiger partial charge in [-0.25, -0.2) is 9.36 Å². The summed E-state index contributed by atoms with van der Waals surface area (Å²) in [6.07, 6.45) is 0.913. The molecule has 1 heterocycles. The molecule has 1 amide bonds. The molecular weight excluding hydrogens is 378 g/mol. The first-order valence-electron chi connectivity index (χ1n) is 9.77. The summed E-state index contributed by atoms with van der Waals surface area (Å²) in [5, 5.41) is 3.20. The number of hydrogen-bond acceptors (Lipinski definition) is 3. The van der Waals surface area contributed by atoms with Gasteiger partial charge < -0.3 is 5.32 Å². The molecule has 1 aromatic heterocycles. The molecule has 0 saturated carbocycles. The largest absolute Gasteiger partial charge is 0.336 e. The van der Waals surface area contributed by atoms with E-state index in [2.05, 4.69) is 12.2 Å². The van der Waals surface area contributed by atoms with Gasteiger partial charge in [-0.05, 0) is 48.4 Å². The molecule has 3 aromatic carbocycles. The van der Waals surface area contributed by atoms with Gasteiger partial charge in [0.1, 0.15) is 6.54 Å². The number of para-hydroxylation sites is 2. The summed E-state index contributed by atoms with van der Waals surface area (Å²) in [6.45, 7) is 1.86. The molecule has 0 aliphatic heterocycles. The zero-order valence-electron chi connectivity index (χ0n) is 16.5. The van der Waals surface area contributed by atoms with E-state index in [4.69, 9.17) is 0 Å². The molecule has 0 atom stereocenters.